The molecule has 2 N–H and O–H groups in total. The van der Waals surface area contributed by atoms with Crippen molar-refractivity contribution in [1.29, 1.82) is 0 Å². The maximum absolute atomic E-state index is 12.1. The lowest BCUT2D eigenvalue weighted by Gasteiger charge is -2.30. The zero-order chi connectivity index (χ0) is 21.4. The van der Waals surface area contributed by atoms with Crippen LogP contribution in [0, 0.1) is 0 Å². The third kappa shape index (κ3) is 5.43. The standard InChI is InChI=1S/C13H16O2.C13H10O2/c14-12(11-7-3-1-4-8-11)13(15)9-5-2-6-10-13;14-12-8-6-11(7-9-12)13(15)10-4-2-1-3-5-10/h1,3-4,7-8,15H,2,5-6,9-10H2;1-9,14H. The first-order valence-electron chi connectivity index (χ1n) is 10.2. The van der Waals surface area contributed by atoms with Gasteiger partial charge < -0.3 is 10.2 Å². The molecule has 1 aliphatic carbocycles. The molecule has 4 nitrogen and oxygen atoms in total. The van der Waals surface area contributed by atoms with Gasteiger partial charge in [0.05, 0.1) is 0 Å². The molecule has 30 heavy (non-hydrogen) atoms. The average molecular weight is 402 g/mol. The first-order valence-corrected chi connectivity index (χ1v) is 10.2. The van der Waals surface area contributed by atoms with Crippen molar-refractivity contribution in [3.8, 4) is 5.75 Å². The van der Waals surface area contributed by atoms with Gasteiger partial charge in [0, 0.05) is 16.7 Å². The van der Waals surface area contributed by atoms with Gasteiger partial charge in [-0.1, -0.05) is 79.9 Å². The van der Waals surface area contributed by atoms with E-state index < -0.39 is 5.60 Å². The Kier molecular flexibility index (Phi) is 7.15. The van der Waals surface area contributed by atoms with Crippen molar-refractivity contribution in [2.24, 2.45) is 0 Å². The predicted molar refractivity (Wildman–Crippen MR) is 117 cm³/mol. The maximum Gasteiger partial charge on any atom is 0.194 e. The van der Waals surface area contributed by atoms with Gasteiger partial charge in [-0.15, -0.1) is 0 Å². The average Bonchev–Trinajstić information content (AvgIpc) is 2.81. The molecule has 1 aliphatic rings. The van der Waals surface area contributed by atoms with E-state index >= 15 is 0 Å². The zero-order valence-electron chi connectivity index (χ0n) is 16.8. The SMILES string of the molecule is O=C(c1ccccc1)C1(O)CCCCC1.O=C(c1ccccc1)c1ccc(O)cc1. The highest BCUT2D eigenvalue weighted by Crippen LogP contribution is 2.31. The number of Topliss-reactive ketones (excluding diaryl/α,β-unsaturated/α-hetero) is 1. The summed E-state index contributed by atoms with van der Waals surface area (Å²) in [4.78, 5) is 23.9. The second-order valence-electron chi connectivity index (χ2n) is 7.53. The Morgan fingerprint density at radius 1 is 0.633 bits per heavy atom. The molecule has 0 saturated heterocycles. The molecule has 1 saturated carbocycles. The third-order valence-electron chi connectivity index (χ3n) is 5.30. The molecule has 0 atom stereocenters. The van der Waals surface area contributed by atoms with Gasteiger partial charge >= 0.3 is 0 Å². The zero-order valence-corrected chi connectivity index (χ0v) is 16.8. The summed E-state index contributed by atoms with van der Waals surface area (Å²) < 4.78 is 0. The van der Waals surface area contributed by atoms with Gasteiger partial charge in [-0.25, -0.2) is 0 Å². The lowest BCUT2D eigenvalue weighted by atomic mass is 9.79. The summed E-state index contributed by atoms with van der Waals surface area (Å²) in [6, 6.07) is 24.4. The molecule has 0 aliphatic heterocycles. The van der Waals surface area contributed by atoms with Crippen molar-refractivity contribution in [3.05, 3.63) is 102 Å². The molecule has 154 valence electrons. The Labute approximate surface area is 176 Å². The highest BCUT2D eigenvalue weighted by atomic mass is 16.3. The maximum atomic E-state index is 12.1. The largest absolute Gasteiger partial charge is 0.508 e. The number of phenolic OH excluding ortho intramolecular Hbond substituents is 1. The van der Waals surface area contributed by atoms with E-state index in [0.29, 0.717) is 29.5 Å². The summed E-state index contributed by atoms with van der Waals surface area (Å²) in [6.07, 6.45) is 4.26. The number of rotatable bonds is 4. The van der Waals surface area contributed by atoms with E-state index in [1.807, 2.05) is 36.4 Å². The quantitative estimate of drug-likeness (QED) is 0.589. The van der Waals surface area contributed by atoms with Crippen LogP contribution in [0.25, 0.3) is 0 Å². The number of hydrogen-bond donors (Lipinski definition) is 2. The predicted octanol–water partition coefficient (Wildman–Crippen LogP) is 5.19. The fourth-order valence-corrected chi connectivity index (χ4v) is 3.59. The Morgan fingerprint density at radius 3 is 1.63 bits per heavy atom. The normalized spacial score (nSPS) is 14.8. The summed E-state index contributed by atoms with van der Waals surface area (Å²) in [5.41, 5.74) is 0.767. The second-order valence-corrected chi connectivity index (χ2v) is 7.53. The number of carbonyl (C=O) groups excluding carboxylic acids is 2. The van der Waals surface area contributed by atoms with E-state index in [9.17, 15) is 14.7 Å². The number of hydrogen-bond acceptors (Lipinski definition) is 4. The Balaban J connectivity index is 0.000000171. The molecule has 4 heteroatoms. The minimum Gasteiger partial charge on any atom is -0.508 e. The number of aromatic hydroxyl groups is 1. The third-order valence-corrected chi connectivity index (χ3v) is 5.30. The number of ketones is 2. The van der Waals surface area contributed by atoms with Gasteiger partial charge in [-0.05, 0) is 37.1 Å². The van der Waals surface area contributed by atoms with Crippen LogP contribution >= 0.6 is 0 Å². The van der Waals surface area contributed by atoms with Crippen LogP contribution in [-0.4, -0.2) is 27.4 Å². The molecule has 1 fully saturated rings. The molecule has 0 spiro atoms. The van der Waals surface area contributed by atoms with Gasteiger partial charge in [0.1, 0.15) is 11.4 Å². The molecular weight excluding hydrogens is 376 g/mol. The Morgan fingerprint density at radius 2 is 1.10 bits per heavy atom. The summed E-state index contributed by atoms with van der Waals surface area (Å²) in [7, 11) is 0. The topological polar surface area (TPSA) is 74.6 Å². The van der Waals surface area contributed by atoms with E-state index in [1.165, 1.54) is 12.1 Å². The van der Waals surface area contributed by atoms with Gasteiger partial charge in [-0.3, -0.25) is 9.59 Å². The molecular formula is C26H26O4. The van der Waals surface area contributed by atoms with Crippen LogP contribution in [0.15, 0.2) is 84.9 Å². The van der Waals surface area contributed by atoms with Crippen molar-refractivity contribution in [2.75, 3.05) is 0 Å². The summed E-state index contributed by atoms with van der Waals surface area (Å²) >= 11 is 0. The van der Waals surface area contributed by atoms with E-state index in [-0.39, 0.29) is 17.3 Å². The molecule has 0 aromatic heterocycles. The minimum absolute atomic E-state index is 0.0319. The van der Waals surface area contributed by atoms with Crippen LogP contribution < -0.4 is 0 Å². The van der Waals surface area contributed by atoms with Crippen molar-refractivity contribution >= 4 is 11.6 Å². The van der Waals surface area contributed by atoms with Crippen LogP contribution in [0.1, 0.15) is 58.4 Å². The molecule has 3 aromatic rings. The van der Waals surface area contributed by atoms with E-state index in [2.05, 4.69) is 0 Å². The summed E-state index contributed by atoms with van der Waals surface area (Å²) in [5.74, 6) is 0.0259. The van der Waals surface area contributed by atoms with Crippen molar-refractivity contribution in [3.63, 3.8) is 0 Å². The highest BCUT2D eigenvalue weighted by Gasteiger charge is 2.37. The van der Waals surface area contributed by atoms with Gasteiger partial charge in [0.15, 0.2) is 11.6 Å². The van der Waals surface area contributed by atoms with Gasteiger partial charge in [0.25, 0.3) is 0 Å². The smallest absolute Gasteiger partial charge is 0.194 e. The number of phenols is 1. The van der Waals surface area contributed by atoms with Crippen LogP contribution in [-0.2, 0) is 0 Å². The first-order chi connectivity index (χ1) is 14.5. The van der Waals surface area contributed by atoms with Crippen LogP contribution in [0.5, 0.6) is 5.75 Å². The fraction of sp³-hybridized carbons (Fsp3) is 0.231. The molecule has 0 radical (unpaired) electrons. The molecule has 0 amide bonds. The van der Waals surface area contributed by atoms with Crippen molar-refractivity contribution in [2.45, 2.75) is 37.7 Å². The molecule has 0 heterocycles. The van der Waals surface area contributed by atoms with Crippen molar-refractivity contribution < 1.29 is 19.8 Å². The van der Waals surface area contributed by atoms with Crippen molar-refractivity contribution in [1.82, 2.24) is 0 Å². The monoisotopic (exact) mass is 402 g/mol. The van der Waals surface area contributed by atoms with Crippen LogP contribution in [0.3, 0.4) is 0 Å². The highest BCUT2D eigenvalue weighted by molar-refractivity contribution is 6.09. The number of aliphatic hydroxyl groups is 1. The van der Waals surface area contributed by atoms with E-state index in [0.717, 1.165) is 19.3 Å². The van der Waals surface area contributed by atoms with Crippen LogP contribution in [0.4, 0.5) is 0 Å². The molecule has 3 aromatic carbocycles. The second kappa shape index (κ2) is 9.99. The van der Waals surface area contributed by atoms with E-state index in [1.54, 1.807) is 36.4 Å². The van der Waals surface area contributed by atoms with Gasteiger partial charge in [-0.2, -0.15) is 0 Å². The van der Waals surface area contributed by atoms with E-state index in [4.69, 9.17) is 5.11 Å². The summed E-state index contributed by atoms with van der Waals surface area (Å²) in [6.45, 7) is 0. The lowest BCUT2D eigenvalue weighted by Crippen LogP contribution is -2.40. The summed E-state index contributed by atoms with van der Waals surface area (Å²) in [5, 5.41) is 19.3. The minimum atomic E-state index is -1.10. The molecule has 0 bridgehead atoms. The lowest BCUT2D eigenvalue weighted by molar-refractivity contribution is 0.0116. The first kappa shape index (κ1) is 21.5. The Hall–Kier alpha value is -3.24. The molecule has 4 rings (SSSR count). The number of benzene rings is 3. The fourth-order valence-electron chi connectivity index (χ4n) is 3.59. The Bertz CT molecular complexity index is 957. The molecule has 0 unspecified atom stereocenters. The number of carbonyl (C=O) groups is 2. The van der Waals surface area contributed by atoms with Gasteiger partial charge in [0.2, 0.25) is 0 Å². The van der Waals surface area contributed by atoms with Crippen LogP contribution in [0.2, 0.25) is 0 Å².